The van der Waals surface area contributed by atoms with E-state index in [0.29, 0.717) is 18.2 Å². The van der Waals surface area contributed by atoms with Crippen LogP contribution in [0, 0.1) is 31.1 Å². The average Bonchev–Trinajstić information content (AvgIpc) is 3.02. The van der Waals surface area contributed by atoms with E-state index in [1.165, 1.54) is 4.68 Å². The van der Waals surface area contributed by atoms with E-state index >= 15 is 0 Å². The number of carbonyl (C=O) groups excluding carboxylic acids is 1. The highest BCUT2D eigenvalue weighted by Crippen LogP contribution is 2.30. The molecule has 5 heteroatoms. The van der Waals surface area contributed by atoms with Gasteiger partial charge in [-0.3, -0.25) is 4.79 Å². The van der Waals surface area contributed by atoms with Gasteiger partial charge in [-0.25, -0.2) is 4.68 Å². The van der Waals surface area contributed by atoms with Gasteiger partial charge in [0.15, 0.2) is 0 Å². The maximum Gasteiger partial charge on any atom is 0.289 e. The topological polar surface area (TPSA) is 67.9 Å². The predicted octanol–water partition coefficient (Wildman–Crippen LogP) is 4.94. The normalized spacial score (nSPS) is 11.6. The van der Waals surface area contributed by atoms with Gasteiger partial charge in [0.25, 0.3) is 5.91 Å². The molecule has 3 aromatic rings. The van der Waals surface area contributed by atoms with Crippen LogP contribution in [0.2, 0.25) is 0 Å². The SMILES string of the molecule is Cc1cc(C)n(C(=O)/C(C#N)=C/c2ccc(OCC(C)C)c3ccccc23)n1. The van der Waals surface area contributed by atoms with E-state index in [-0.39, 0.29) is 5.57 Å². The Hall–Kier alpha value is -3.39. The van der Waals surface area contributed by atoms with Crippen molar-refractivity contribution >= 4 is 22.8 Å². The van der Waals surface area contributed by atoms with E-state index in [2.05, 4.69) is 18.9 Å². The minimum Gasteiger partial charge on any atom is -0.493 e. The molecule has 0 N–H and O–H groups in total. The lowest BCUT2D eigenvalue weighted by Crippen LogP contribution is -2.15. The molecular formula is C23H23N3O2. The zero-order valence-corrected chi connectivity index (χ0v) is 16.6. The highest BCUT2D eigenvalue weighted by molar-refractivity contribution is 6.05. The minimum absolute atomic E-state index is 0.0344. The summed E-state index contributed by atoms with van der Waals surface area (Å²) in [5.41, 5.74) is 2.26. The van der Waals surface area contributed by atoms with Crippen molar-refractivity contribution in [2.75, 3.05) is 6.61 Å². The summed E-state index contributed by atoms with van der Waals surface area (Å²) in [6.45, 7) is 8.43. The second-order valence-electron chi connectivity index (χ2n) is 7.22. The molecule has 0 aliphatic rings. The lowest BCUT2D eigenvalue weighted by atomic mass is 10.0. The number of allylic oxidation sites excluding steroid dienone is 1. The van der Waals surface area contributed by atoms with Crippen LogP contribution in [0.3, 0.4) is 0 Å². The van der Waals surface area contributed by atoms with Crippen LogP contribution in [0.5, 0.6) is 5.75 Å². The number of aryl methyl sites for hydroxylation is 2. The molecule has 0 aliphatic carbocycles. The third-order valence-corrected chi connectivity index (χ3v) is 4.34. The molecule has 0 saturated heterocycles. The number of ether oxygens (including phenoxy) is 1. The Morgan fingerprint density at radius 2 is 1.93 bits per heavy atom. The number of carbonyl (C=O) groups is 1. The fourth-order valence-corrected chi connectivity index (χ4v) is 3.05. The second-order valence-corrected chi connectivity index (χ2v) is 7.22. The summed E-state index contributed by atoms with van der Waals surface area (Å²) in [5.74, 6) is 0.782. The predicted molar refractivity (Wildman–Crippen MR) is 110 cm³/mol. The summed E-state index contributed by atoms with van der Waals surface area (Å²) >= 11 is 0. The molecule has 0 saturated carbocycles. The quantitative estimate of drug-likeness (QED) is 0.469. The van der Waals surface area contributed by atoms with Crippen molar-refractivity contribution in [3.8, 4) is 11.8 Å². The van der Waals surface area contributed by atoms with E-state index in [9.17, 15) is 10.1 Å². The number of nitriles is 1. The third kappa shape index (κ3) is 3.96. The molecule has 0 aliphatic heterocycles. The first-order valence-electron chi connectivity index (χ1n) is 9.25. The van der Waals surface area contributed by atoms with Gasteiger partial charge in [0.1, 0.15) is 17.4 Å². The van der Waals surface area contributed by atoms with Crippen LogP contribution in [0.1, 0.15) is 35.6 Å². The molecule has 0 atom stereocenters. The molecule has 0 fully saturated rings. The average molecular weight is 373 g/mol. The standard InChI is InChI=1S/C23H23N3O2/c1-15(2)14-28-22-10-9-18(20-7-5-6-8-21(20)22)12-19(13-24)23(27)26-17(4)11-16(3)25-26/h5-12,15H,14H2,1-4H3/b19-12+. The van der Waals surface area contributed by atoms with Gasteiger partial charge in [0.2, 0.25) is 0 Å². The largest absolute Gasteiger partial charge is 0.493 e. The molecule has 0 spiro atoms. The molecule has 2 aromatic carbocycles. The highest BCUT2D eigenvalue weighted by atomic mass is 16.5. The van der Waals surface area contributed by atoms with Gasteiger partial charge in [0, 0.05) is 11.1 Å². The van der Waals surface area contributed by atoms with E-state index in [0.717, 1.165) is 27.8 Å². The van der Waals surface area contributed by atoms with Gasteiger partial charge in [-0.15, -0.1) is 0 Å². The molecule has 28 heavy (non-hydrogen) atoms. The summed E-state index contributed by atoms with van der Waals surface area (Å²) in [5, 5.41) is 15.7. The first-order chi connectivity index (χ1) is 13.4. The summed E-state index contributed by atoms with van der Waals surface area (Å²) in [4.78, 5) is 12.8. The number of aromatic nitrogens is 2. The molecule has 142 valence electrons. The van der Waals surface area contributed by atoms with Crippen LogP contribution in [0.25, 0.3) is 16.8 Å². The maximum absolute atomic E-state index is 12.8. The Labute approximate surface area is 164 Å². The van der Waals surface area contributed by atoms with Crippen molar-refractivity contribution < 1.29 is 9.53 Å². The van der Waals surface area contributed by atoms with Crippen LogP contribution in [-0.2, 0) is 0 Å². The molecule has 1 heterocycles. The number of benzene rings is 2. The molecule has 0 amide bonds. The first-order valence-corrected chi connectivity index (χ1v) is 9.25. The fourth-order valence-electron chi connectivity index (χ4n) is 3.05. The van der Waals surface area contributed by atoms with Crippen LogP contribution in [-0.4, -0.2) is 22.3 Å². The van der Waals surface area contributed by atoms with Crippen molar-refractivity contribution in [2.45, 2.75) is 27.7 Å². The van der Waals surface area contributed by atoms with E-state index in [1.54, 1.807) is 13.0 Å². The summed E-state index contributed by atoms with van der Waals surface area (Å²) in [6.07, 6.45) is 1.62. The van der Waals surface area contributed by atoms with Crippen LogP contribution >= 0.6 is 0 Å². The van der Waals surface area contributed by atoms with Crippen molar-refractivity contribution in [3.63, 3.8) is 0 Å². The summed E-state index contributed by atoms with van der Waals surface area (Å²) < 4.78 is 7.21. The minimum atomic E-state index is -0.433. The zero-order chi connectivity index (χ0) is 20.3. The van der Waals surface area contributed by atoms with Crippen molar-refractivity contribution in [3.05, 3.63) is 65.0 Å². The number of fused-ring (bicyclic) bond motifs is 1. The van der Waals surface area contributed by atoms with E-state index < -0.39 is 5.91 Å². The van der Waals surface area contributed by atoms with Gasteiger partial charge >= 0.3 is 0 Å². The smallest absolute Gasteiger partial charge is 0.289 e. The van der Waals surface area contributed by atoms with E-state index in [1.807, 2.05) is 55.5 Å². The van der Waals surface area contributed by atoms with Gasteiger partial charge in [0.05, 0.1) is 12.3 Å². The Kier molecular flexibility index (Phi) is 5.60. The van der Waals surface area contributed by atoms with Gasteiger partial charge in [-0.1, -0.05) is 44.2 Å². The summed E-state index contributed by atoms with van der Waals surface area (Å²) in [6, 6.07) is 15.4. The molecule has 5 nitrogen and oxygen atoms in total. The maximum atomic E-state index is 12.8. The van der Waals surface area contributed by atoms with Gasteiger partial charge < -0.3 is 4.74 Å². The Morgan fingerprint density at radius 1 is 1.21 bits per heavy atom. The zero-order valence-electron chi connectivity index (χ0n) is 16.6. The molecule has 0 unspecified atom stereocenters. The first kappa shape index (κ1) is 19.4. The summed E-state index contributed by atoms with van der Waals surface area (Å²) in [7, 11) is 0. The number of rotatable bonds is 5. The fraction of sp³-hybridized carbons (Fsp3) is 0.261. The van der Waals surface area contributed by atoms with Crippen LogP contribution < -0.4 is 4.74 Å². The monoisotopic (exact) mass is 373 g/mol. The van der Waals surface area contributed by atoms with Gasteiger partial charge in [-0.2, -0.15) is 10.4 Å². The Bertz CT molecular complexity index is 1100. The Balaban J connectivity index is 2.05. The van der Waals surface area contributed by atoms with Gasteiger partial charge in [-0.05, 0) is 48.9 Å². The molecule has 0 bridgehead atoms. The van der Waals surface area contributed by atoms with Crippen LogP contribution in [0.4, 0.5) is 0 Å². The third-order valence-electron chi connectivity index (χ3n) is 4.34. The van der Waals surface area contributed by atoms with Crippen LogP contribution in [0.15, 0.2) is 48.0 Å². The molecule has 3 rings (SSSR count). The number of nitrogens with zero attached hydrogens (tertiary/aromatic N) is 3. The van der Waals surface area contributed by atoms with E-state index in [4.69, 9.17) is 4.74 Å². The molecule has 1 aromatic heterocycles. The number of hydrogen-bond acceptors (Lipinski definition) is 4. The Morgan fingerprint density at radius 3 is 2.54 bits per heavy atom. The molecular weight excluding hydrogens is 350 g/mol. The molecule has 0 radical (unpaired) electrons. The van der Waals surface area contributed by atoms with Crippen molar-refractivity contribution in [1.82, 2.24) is 9.78 Å². The van der Waals surface area contributed by atoms with Crippen molar-refractivity contribution in [2.24, 2.45) is 5.92 Å². The lowest BCUT2D eigenvalue weighted by Gasteiger charge is -2.13. The lowest BCUT2D eigenvalue weighted by molar-refractivity contribution is 0.0944. The second kappa shape index (κ2) is 8.10. The highest BCUT2D eigenvalue weighted by Gasteiger charge is 2.16. The number of hydrogen-bond donors (Lipinski definition) is 0. The van der Waals surface area contributed by atoms with Crippen molar-refractivity contribution in [1.29, 1.82) is 5.26 Å².